The zero-order valence-electron chi connectivity index (χ0n) is 21.0. The van der Waals surface area contributed by atoms with Gasteiger partial charge in [-0.1, -0.05) is 49.0 Å². The molecule has 1 N–H and O–H groups in total. The first-order chi connectivity index (χ1) is 17.9. The maximum Gasteiger partial charge on any atom is 0.267 e. The smallest absolute Gasteiger partial charge is 0.267 e. The van der Waals surface area contributed by atoms with Crippen molar-refractivity contribution in [3.63, 3.8) is 0 Å². The highest BCUT2D eigenvalue weighted by molar-refractivity contribution is 7.99. The number of anilines is 1. The molecule has 2 amide bonds. The number of para-hydroxylation sites is 1. The van der Waals surface area contributed by atoms with E-state index in [-0.39, 0.29) is 23.1 Å². The van der Waals surface area contributed by atoms with Gasteiger partial charge < -0.3 is 10.2 Å². The molecule has 0 bridgehead atoms. The van der Waals surface area contributed by atoms with E-state index in [0.717, 1.165) is 33.8 Å². The Bertz CT molecular complexity index is 1560. The number of carbonyl (C=O) groups is 2. The summed E-state index contributed by atoms with van der Waals surface area (Å²) in [7, 11) is 0. The van der Waals surface area contributed by atoms with Crippen LogP contribution in [0.15, 0.2) is 58.5 Å². The third-order valence-electron chi connectivity index (χ3n) is 6.62. The van der Waals surface area contributed by atoms with Gasteiger partial charge in [-0.25, -0.2) is 4.98 Å². The molecule has 0 fully saturated rings. The Hall–Kier alpha value is -3.43. The van der Waals surface area contributed by atoms with Gasteiger partial charge in [0.05, 0.1) is 23.4 Å². The summed E-state index contributed by atoms with van der Waals surface area (Å²) in [6.45, 7) is 6.71. The summed E-state index contributed by atoms with van der Waals surface area (Å²) in [4.78, 5) is 47.1. The molecular formula is C28H28N4O3S2. The third-order valence-corrected chi connectivity index (χ3v) is 8.67. The molecule has 5 rings (SSSR count). The molecule has 7 nitrogen and oxygen atoms in total. The maximum absolute atomic E-state index is 14.0. The van der Waals surface area contributed by atoms with Gasteiger partial charge in [-0.3, -0.25) is 19.0 Å². The van der Waals surface area contributed by atoms with Gasteiger partial charge in [-0.15, -0.1) is 11.3 Å². The van der Waals surface area contributed by atoms with Crippen LogP contribution in [0.4, 0.5) is 5.69 Å². The summed E-state index contributed by atoms with van der Waals surface area (Å²) in [6.07, 6.45) is 1.57. The number of nitrogens with one attached hydrogen (secondary N) is 1. The van der Waals surface area contributed by atoms with Crippen molar-refractivity contribution < 1.29 is 9.59 Å². The molecule has 1 aliphatic heterocycles. The lowest BCUT2D eigenvalue weighted by Gasteiger charge is -2.25. The molecule has 0 aliphatic carbocycles. The van der Waals surface area contributed by atoms with Crippen molar-refractivity contribution in [1.82, 2.24) is 14.5 Å². The number of carbonyl (C=O) groups excluding carboxylic acids is 2. The molecule has 0 saturated carbocycles. The summed E-state index contributed by atoms with van der Waals surface area (Å²) in [5, 5.41) is 4.03. The lowest BCUT2D eigenvalue weighted by molar-refractivity contribution is -0.129. The first-order valence-electron chi connectivity index (χ1n) is 12.3. The minimum absolute atomic E-state index is 0.0278. The lowest BCUT2D eigenvalue weighted by atomic mass is 10.1. The first kappa shape index (κ1) is 25.2. The molecule has 190 valence electrons. The summed E-state index contributed by atoms with van der Waals surface area (Å²) >= 11 is 2.71. The Morgan fingerprint density at radius 3 is 2.59 bits per heavy atom. The molecule has 0 spiro atoms. The van der Waals surface area contributed by atoms with E-state index >= 15 is 0 Å². The zero-order chi connectivity index (χ0) is 26.1. The van der Waals surface area contributed by atoms with Crippen LogP contribution in [0.5, 0.6) is 0 Å². The molecule has 2 aromatic heterocycles. The Balaban J connectivity index is 1.51. The van der Waals surface area contributed by atoms with Crippen LogP contribution in [0.1, 0.15) is 35.4 Å². The molecule has 0 saturated heterocycles. The maximum atomic E-state index is 14.0. The second kappa shape index (κ2) is 10.5. The minimum atomic E-state index is -0.164. The van der Waals surface area contributed by atoms with Crippen LogP contribution in [-0.4, -0.2) is 38.6 Å². The van der Waals surface area contributed by atoms with Crippen molar-refractivity contribution in [2.45, 2.75) is 45.3 Å². The predicted molar refractivity (Wildman–Crippen MR) is 150 cm³/mol. The van der Waals surface area contributed by atoms with E-state index in [2.05, 4.69) is 12.2 Å². The summed E-state index contributed by atoms with van der Waals surface area (Å²) < 4.78 is 1.63. The fourth-order valence-electron chi connectivity index (χ4n) is 4.57. The van der Waals surface area contributed by atoms with E-state index in [4.69, 9.17) is 4.98 Å². The minimum Gasteiger partial charge on any atom is -0.337 e. The average Bonchev–Trinajstić information content (AvgIpc) is 3.26. The van der Waals surface area contributed by atoms with Crippen LogP contribution in [0.3, 0.4) is 0 Å². The average molecular weight is 533 g/mol. The fraction of sp³-hybridized carbons (Fsp3) is 0.286. The second-order valence-electron chi connectivity index (χ2n) is 9.08. The highest BCUT2D eigenvalue weighted by Crippen LogP contribution is 2.34. The molecule has 4 aromatic rings. The number of thiophene rings is 1. The molecule has 9 heteroatoms. The monoisotopic (exact) mass is 532 g/mol. The number of fused-ring (bicyclic) bond motifs is 3. The van der Waals surface area contributed by atoms with Gasteiger partial charge in [0.25, 0.3) is 5.56 Å². The van der Waals surface area contributed by atoms with Gasteiger partial charge >= 0.3 is 0 Å². The van der Waals surface area contributed by atoms with E-state index in [1.54, 1.807) is 16.4 Å². The van der Waals surface area contributed by atoms with Gasteiger partial charge in [0.15, 0.2) is 5.16 Å². The number of aryl methyl sites for hydroxylation is 2. The van der Waals surface area contributed by atoms with Crippen molar-refractivity contribution in [3.8, 4) is 5.69 Å². The number of nitrogens with zero attached hydrogens (tertiary/aromatic N) is 3. The van der Waals surface area contributed by atoms with Gasteiger partial charge in [-0.2, -0.15) is 0 Å². The van der Waals surface area contributed by atoms with Crippen LogP contribution in [0, 0.1) is 6.92 Å². The molecular weight excluding hydrogens is 504 g/mol. The van der Waals surface area contributed by atoms with Gasteiger partial charge in [0.2, 0.25) is 11.8 Å². The Kier molecular flexibility index (Phi) is 7.17. The zero-order valence-corrected chi connectivity index (χ0v) is 22.7. The van der Waals surface area contributed by atoms with Crippen molar-refractivity contribution in [2.75, 3.05) is 17.6 Å². The van der Waals surface area contributed by atoms with E-state index in [9.17, 15) is 14.4 Å². The second-order valence-corrected chi connectivity index (χ2v) is 11.1. The SMILES string of the molecule is CCc1ccc(NC(=O)CSc2nc3sc4c(c3c(=O)n2-c2ccccc2C)CCN(C(C)=O)C4)cc1. The van der Waals surface area contributed by atoms with Gasteiger partial charge in [-0.05, 0) is 54.7 Å². The van der Waals surface area contributed by atoms with Crippen LogP contribution in [0.2, 0.25) is 0 Å². The van der Waals surface area contributed by atoms with Crippen molar-refractivity contribution >= 4 is 50.8 Å². The normalized spacial score (nSPS) is 13.0. The van der Waals surface area contributed by atoms with Crippen molar-refractivity contribution in [1.29, 1.82) is 0 Å². The van der Waals surface area contributed by atoms with E-state index in [0.29, 0.717) is 34.9 Å². The van der Waals surface area contributed by atoms with Crippen LogP contribution >= 0.6 is 23.1 Å². The highest BCUT2D eigenvalue weighted by atomic mass is 32.2. The largest absolute Gasteiger partial charge is 0.337 e. The van der Waals surface area contributed by atoms with Crippen LogP contribution < -0.4 is 10.9 Å². The van der Waals surface area contributed by atoms with E-state index < -0.39 is 0 Å². The topological polar surface area (TPSA) is 84.3 Å². The summed E-state index contributed by atoms with van der Waals surface area (Å²) in [5.41, 5.74) is 4.50. The quantitative estimate of drug-likeness (QED) is 0.281. The standard InChI is InChI=1S/C28H28N4O3S2/c1-4-19-9-11-20(12-10-19)29-24(34)16-36-28-30-26-25(21-13-14-31(18(3)33)15-23(21)37-26)27(35)32(28)22-8-6-5-7-17(22)2/h5-12H,4,13-16H2,1-3H3,(H,29,34). The number of amides is 2. The molecule has 2 aromatic carbocycles. The Morgan fingerprint density at radius 1 is 1.14 bits per heavy atom. The lowest BCUT2D eigenvalue weighted by Crippen LogP contribution is -2.34. The molecule has 3 heterocycles. The van der Waals surface area contributed by atoms with E-state index in [1.807, 2.05) is 55.5 Å². The van der Waals surface area contributed by atoms with Gasteiger partial charge in [0.1, 0.15) is 4.83 Å². The molecule has 1 aliphatic rings. The van der Waals surface area contributed by atoms with E-state index in [1.165, 1.54) is 28.7 Å². The third kappa shape index (κ3) is 5.06. The number of thioether (sulfide) groups is 1. The summed E-state index contributed by atoms with van der Waals surface area (Å²) in [5.74, 6) is -0.0229. The van der Waals surface area contributed by atoms with Gasteiger partial charge in [0, 0.05) is 24.0 Å². The highest BCUT2D eigenvalue weighted by Gasteiger charge is 2.27. The van der Waals surface area contributed by atoms with Crippen LogP contribution in [0.25, 0.3) is 15.9 Å². The Labute approximate surface area is 223 Å². The molecule has 37 heavy (non-hydrogen) atoms. The number of hydrogen-bond acceptors (Lipinski definition) is 6. The van der Waals surface area contributed by atoms with Crippen LogP contribution in [-0.2, 0) is 29.0 Å². The number of rotatable bonds is 6. The molecule has 0 unspecified atom stereocenters. The molecule has 0 radical (unpaired) electrons. The Morgan fingerprint density at radius 2 is 1.89 bits per heavy atom. The number of hydrogen-bond donors (Lipinski definition) is 1. The first-order valence-corrected chi connectivity index (χ1v) is 14.1. The van der Waals surface area contributed by atoms with Crippen molar-refractivity contribution in [2.24, 2.45) is 0 Å². The van der Waals surface area contributed by atoms with Crippen molar-refractivity contribution in [3.05, 3.63) is 80.5 Å². The number of aromatic nitrogens is 2. The predicted octanol–water partition coefficient (Wildman–Crippen LogP) is 4.95. The number of benzene rings is 2. The fourth-order valence-corrected chi connectivity index (χ4v) is 6.65. The summed E-state index contributed by atoms with van der Waals surface area (Å²) in [6, 6.07) is 15.5. The molecule has 0 atom stereocenters.